The van der Waals surface area contributed by atoms with Crippen molar-refractivity contribution in [2.45, 2.75) is 32.9 Å². The highest BCUT2D eigenvalue weighted by molar-refractivity contribution is 5.88. The first-order valence-corrected chi connectivity index (χ1v) is 6.16. The van der Waals surface area contributed by atoms with Crippen molar-refractivity contribution >= 4 is 11.9 Å². The van der Waals surface area contributed by atoms with Crippen LogP contribution in [0.2, 0.25) is 0 Å². The van der Waals surface area contributed by atoms with Crippen LogP contribution in [0.1, 0.15) is 36.3 Å². The average molecular weight is 268 g/mol. The van der Waals surface area contributed by atoms with Gasteiger partial charge in [0.1, 0.15) is 5.56 Å². The molecule has 0 aliphatic rings. The Hall–Kier alpha value is -1.89. The van der Waals surface area contributed by atoms with E-state index in [2.05, 4.69) is 15.7 Å². The Morgan fingerprint density at radius 2 is 2.16 bits per heavy atom. The van der Waals surface area contributed by atoms with E-state index < -0.39 is 5.97 Å². The summed E-state index contributed by atoms with van der Waals surface area (Å²) in [6.07, 6.45) is 1.68. The van der Waals surface area contributed by atoms with Crippen molar-refractivity contribution in [1.29, 1.82) is 0 Å². The fourth-order valence-corrected chi connectivity index (χ4v) is 1.65. The van der Waals surface area contributed by atoms with Crippen LogP contribution in [0.4, 0.5) is 0 Å². The SMILES string of the molecule is CC(C)NC(=O)CCNCc1c(C(=O)O)cnn1C. The number of amides is 1. The fraction of sp³-hybridized carbons (Fsp3) is 0.583. The van der Waals surface area contributed by atoms with Crippen molar-refractivity contribution in [3.8, 4) is 0 Å². The third-order valence-electron chi connectivity index (χ3n) is 2.56. The highest BCUT2D eigenvalue weighted by Crippen LogP contribution is 2.06. The largest absolute Gasteiger partial charge is 0.478 e. The number of hydrogen-bond donors (Lipinski definition) is 3. The van der Waals surface area contributed by atoms with E-state index in [4.69, 9.17) is 5.11 Å². The predicted molar refractivity (Wildman–Crippen MR) is 69.8 cm³/mol. The molecule has 0 unspecified atom stereocenters. The summed E-state index contributed by atoms with van der Waals surface area (Å²) in [4.78, 5) is 22.3. The topological polar surface area (TPSA) is 96.2 Å². The molecule has 0 radical (unpaired) electrons. The van der Waals surface area contributed by atoms with Crippen LogP contribution in [0.25, 0.3) is 0 Å². The molecule has 1 aromatic rings. The molecule has 0 aliphatic carbocycles. The summed E-state index contributed by atoms with van der Waals surface area (Å²) in [5.41, 5.74) is 0.776. The fourth-order valence-electron chi connectivity index (χ4n) is 1.65. The van der Waals surface area contributed by atoms with Crippen LogP contribution in [-0.4, -0.2) is 39.4 Å². The minimum atomic E-state index is -0.998. The molecule has 7 nitrogen and oxygen atoms in total. The third-order valence-corrected chi connectivity index (χ3v) is 2.56. The minimum absolute atomic E-state index is 0.0223. The van der Waals surface area contributed by atoms with Gasteiger partial charge in [0.05, 0.1) is 11.9 Å². The van der Waals surface area contributed by atoms with Crippen LogP contribution in [-0.2, 0) is 18.4 Å². The van der Waals surface area contributed by atoms with Crippen molar-refractivity contribution < 1.29 is 14.7 Å². The van der Waals surface area contributed by atoms with E-state index in [1.807, 2.05) is 13.8 Å². The summed E-state index contributed by atoms with van der Waals surface area (Å²) in [6, 6.07) is 0.128. The molecule has 1 heterocycles. The molecule has 0 fully saturated rings. The third kappa shape index (κ3) is 4.70. The molecular weight excluding hydrogens is 248 g/mol. The first-order chi connectivity index (χ1) is 8.91. The molecule has 1 aromatic heterocycles. The summed E-state index contributed by atoms with van der Waals surface area (Å²) < 4.78 is 1.52. The Bertz CT molecular complexity index is 454. The Morgan fingerprint density at radius 1 is 1.47 bits per heavy atom. The van der Waals surface area contributed by atoms with Gasteiger partial charge in [-0.1, -0.05) is 0 Å². The standard InChI is InChI=1S/C12H20N4O3/c1-8(2)15-11(17)4-5-13-7-10-9(12(18)19)6-14-16(10)3/h6,8,13H,4-5,7H2,1-3H3,(H,15,17)(H,18,19). The molecular formula is C12H20N4O3. The second-order valence-corrected chi connectivity index (χ2v) is 4.58. The number of hydrogen-bond acceptors (Lipinski definition) is 4. The molecule has 0 saturated carbocycles. The van der Waals surface area contributed by atoms with Crippen LogP contribution in [0.15, 0.2) is 6.20 Å². The van der Waals surface area contributed by atoms with Crippen LogP contribution < -0.4 is 10.6 Å². The second kappa shape index (κ2) is 6.89. The van der Waals surface area contributed by atoms with Gasteiger partial charge in [0.25, 0.3) is 0 Å². The number of carbonyl (C=O) groups excluding carboxylic acids is 1. The molecule has 1 amide bonds. The zero-order chi connectivity index (χ0) is 14.4. The number of carboxylic acid groups (broad SMARTS) is 1. The van der Waals surface area contributed by atoms with E-state index >= 15 is 0 Å². The molecule has 0 saturated heterocycles. The summed E-state index contributed by atoms with van der Waals surface area (Å²) in [7, 11) is 1.69. The van der Waals surface area contributed by atoms with Crippen LogP contribution >= 0.6 is 0 Å². The van der Waals surface area contributed by atoms with Crippen molar-refractivity contribution in [1.82, 2.24) is 20.4 Å². The van der Waals surface area contributed by atoms with Gasteiger partial charge in [-0.15, -0.1) is 0 Å². The lowest BCUT2D eigenvalue weighted by molar-refractivity contribution is -0.121. The number of nitrogens with zero attached hydrogens (tertiary/aromatic N) is 2. The zero-order valence-corrected chi connectivity index (χ0v) is 11.4. The van der Waals surface area contributed by atoms with Gasteiger partial charge in [-0.3, -0.25) is 9.48 Å². The molecule has 7 heteroatoms. The second-order valence-electron chi connectivity index (χ2n) is 4.58. The molecule has 0 aromatic carbocycles. The highest BCUT2D eigenvalue weighted by Gasteiger charge is 2.14. The number of aryl methyl sites for hydroxylation is 1. The molecule has 106 valence electrons. The zero-order valence-electron chi connectivity index (χ0n) is 11.4. The molecule has 0 spiro atoms. The summed E-state index contributed by atoms with van der Waals surface area (Å²) in [5.74, 6) is -1.02. The Kier molecular flexibility index (Phi) is 5.50. The Morgan fingerprint density at radius 3 is 2.74 bits per heavy atom. The van der Waals surface area contributed by atoms with E-state index in [0.717, 1.165) is 0 Å². The Labute approximate surface area is 112 Å². The van der Waals surface area contributed by atoms with Gasteiger partial charge >= 0.3 is 5.97 Å². The summed E-state index contributed by atoms with van der Waals surface area (Å²) in [5, 5.41) is 18.7. The van der Waals surface area contributed by atoms with Gasteiger partial charge in [-0.25, -0.2) is 4.79 Å². The molecule has 3 N–H and O–H groups in total. The lowest BCUT2D eigenvalue weighted by Crippen LogP contribution is -2.32. The van der Waals surface area contributed by atoms with Gasteiger partial charge in [-0.2, -0.15) is 5.10 Å². The number of aromatic nitrogens is 2. The van der Waals surface area contributed by atoms with Crippen molar-refractivity contribution in [3.63, 3.8) is 0 Å². The molecule has 19 heavy (non-hydrogen) atoms. The lowest BCUT2D eigenvalue weighted by Gasteiger charge is -2.09. The minimum Gasteiger partial charge on any atom is -0.478 e. The normalized spacial score (nSPS) is 10.7. The van der Waals surface area contributed by atoms with Gasteiger partial charge in [0.15, 0.2) is 0 Å². The molecule has 0 aliphatic heterocycles. The molecule has 0 atom stereocenters. The van der Waals surface area contributed by atoms with Crippen molar-refractivity contribution in [2.75, 3.05) is 6.54 Å². The van der Waals surface area contributed by atoms with Crippen LogP contribution in [0.5, 0.6) is 0 Å². The van der Waals surface area contributed by atoms with Crippen molar-refractivity contribution in [3.05, 3.63) is 17.5 Å². The summed E-state index contributed by atoms with van der Waals surface area (Å²) >= 11 is 0. The van der Waals surface area contributed by atoms with Gasteiger partial charge in [-0.05, 0) is 13.8 Å². The smallest absolute Gasteiger partial charge is 0.339 e. The average Bonchev–Trinajstić information content (AvgIpc) is 2.65. The first kappa shape index (κ1) is 15.2. The first-order valence-electron chi connectivity index (χ1n) is 6.16. The lowest BCUT2D eigenvalue weighted by atomic mass is 10.2. The van der Waals surface area contributed by atoms with Crippen molar-refractivity contribution in [2.24, 2.45) is 7.05 Å². The maximum Gasteiger partial charge on any atom is 0.339 e. The number of nitrogens with one attached hydrogen (secondary N) is 2. The number of aromatic carboxylic acids is 1. The predicted octanol–water partition coefficient (Wildman–Crippen LogP) is 0.123. The highest BCUT2D eigenvalue weighted by atomic mass is 16.4. The monoisotopic (exact) mass is 268 g/mol. The van der Waals surface area contributed by atoms with E-state index in [-0.39, 0.29) is 17.5 Å². The van der Waals surface area contributed by atoms with E-state index in [9.17, 15) is 9.59 Å². The van der Waals surface area contributed by atoms with E-state index in [0.29, 0.717) is 25.2 Å². The molecule has 1 rings (SSSR count). The van der Waals surface area contributed by atoms with Crippen LogP contribution in [0, 0.1) is 0 Å². The van der Waals surface area contributed by atoms with Gasteiger partial charge in [0, 0.05) is 32.6 Å². The summed E-state index contributed by atoms with van der Waals surface area (Å²) in [6.45, 7) is 4.66. The van der Waals surface area contributed by atoms with Gasteiger partial charge < -0.3 is 15.7 Å². The number of rotatable bonds is 7. The number of carbonyl (C=O) groups is 2. The maximum absolute atomic E-state index is 11.4. The van der Waals surface area contributed by atoms with E-state index in [1.54, 1.807) is 7.05 Å². The van der Waals surface area contributed by atoms with Crippen LogP contribution in [0.3, 0.4) is 0 Å². The Balaban J connectivity index is 2.39. The number of carboxylic acids is 1. The van der Waals surface area contributed by atoms with Gasteiger partial charge in [0.2, 0.25) is 5.91 Å². The van der Waals surface area contributed by atoms with E-state index in [1.165, 1.54) is 10.9 Å². The molecule has 0 bridgehead atoms. The quantitative estimate of drug-likeness (QED) is 0.610. The maximum atomic E-state index is 11.4.